The minimum absolute atomic E-state index is 0.348. The molecule has 1 saturated heterocycles. The van der Waals surface area contributed by atoms with Gasteiger partial charge in [0, 0.05) is 0 Å². The van der Waals surface area contributed by atoms with Crippen LogP contribution in [0.4, 0.5) is 0 Å². The summed E-state index contributed by atoms with van der Waals surface area (Å²) in [4.78, 5) is 0. The molecule has 2 rings (SSSR count). The van der Waals surface area contributed by atoms with Gasteiger partial charge in [0.1, 0.15) is 0 Å². The minimum Gasteiger partial charge on any atom is -0.106 e. The molecule has 1 aliphatic rings. The van der Waals surface area contributed by atoms with Gasteiger partial charge in [-0.05, 0) is 43.3 Å². The highest BCUT2D eigenvalue weighted by molar-refractivity contribution is 7.57. The molecule has 0 N–H and O–H groups in total. The Bertz CT molecular complexity index is 255. The molecule has 1 aromatic carbocycles. The van der Waals surface area contributed by atoms with Gasteiger partial charge in [0.25, 0.3) is 0 Å². The quantitative estimate of drug-likeness (QED) is 0.629. The van der Waals surface area contributed by atoms with E-state index in [1.807, 2.05) is 0 Å². The molecular formula is C12H17P. The van der Waals surface area contributed by atoms with Crippen LogP contribution < -0.4 is 0 Å². The van der Waals surface area contributed by atoms with Gasteiger partial charge in [-0.1, -0.05) is 30.3 Å². The average molecular weight is 192 g/mol. The van der Waals surface area contributed by atoms with E-state index in [-0.39, 0.29) is 0 Å². The summed E-state index contributed by atoms with van der Waals surface area (Å²) in [5, 5.41) is 0. The number of hydrogen-bond donors (Lipinski definition) is 0. The van der Waals surface area contributed by atoms with Crippen molar-refractivity contribution >= 4 is 7.92 Å². The fraction of sp³-hybridized carbons (Fsp3) is 0.500. The molecule has 1 aromatic rings. The molecule has 0 spiro atoms. The summed E-state index contributed by atoms with van der Waals surface area (Å²) in [7, 11) is 0.348. The lowest BCUT2D eigenvalue weighted by Crippen LogP contribution is -2.03. The van der Waals surface area contributed by atoms with Gasteiger partial charge in [-0.3, -0.25) is 0 Å². The first-order valence-corrected chi connectivity index (χ1v) is 7.15. The van der Waals surface area contributed by atoms with E-state index >= 15 is 0 Å². The second-order valence-corrected chi connectivity index (χ2v) is 6.66. The second-order valence-electron chi connectivity index (χ2n) is 3.97. The molecule has 1 heterocycles. The van der Waals surface area contributed by atoms with Crippen LogP contribution in [0.1, 0.15) is 18.4 Å². The number of hydrogen-bond acceptors (Lipinski definition) is 0. The summed E-state index contributed by atoms with van der Waals surface area (Å²) in [5.41, 5.74) is 2.54. The molecule has 0 bridgehead atoms. The van der Waals surface area contributed by atoms with Crippen LogP contribution in [0.25, 0.3) is 0 Å². The predicted octanol–water partition coefficient (Wildman–Crippen LogP) is 3.50. The highest BCUT2D eigenvalue weighted by Crippen LogP contribution is 2.47. The Balaban J connectivity index is 1.98. The molecule has 0 aliphatic carbocycles. The Labute approximate surface area is 82.1 Å². The summed E-state index contributed by atoms with van der Waals surface area (Å²) in [6.45, 7) is 2.47. The average Bonchev–Trinajstić information content (AvgIpc) is 2.54. The van der Waals surface area contributed by atoms with E-state index in [2.05, 4.69) is 37.0 Å². The smallest absolute Gasteiger partial charge is 0.0171 e. The summed E-state index contributed by atoms with van der Waals surface area (Å²) >= 11 is 0. The van der Waals surface area contributed by atoms with Crippen LogP contribution in [0.5, 0.6) is 0 Å². The maximum absolute atomic E-state index is 2.47. The van der Waals surface area contributed by atoms with Gasteiger partial charge >= 0.3 is 0 Å². The molecule has 13 heavy (non-hydrogen) atoms. The van der Waals surface area contributed by atoms with E-state index < -0.39 is 0 Å². The van der Waals surface area contributed by atoms with Crippen LogP contribution in [0, 0.1) is 0 Å². The van der Waals surface area contributed by atoms with Crippen LogP contribution in [-0.4, -0.2) is 18.5 Å². The Kier molecular flexibility index (Phi) is 3.01. The van der Waals surface area contributed by atoms with E-state index in [0.717, 1.165) is 5.66 Å². The molecule has 0 radical (unpaired) electrons. The third-order valence-corrected chi connectivity index (χ3v) is 5.69. The topological polar surface area (TPSA) is 0 Å². The van der Waals surface area contributed by atoms with E-state index in [1.54, 1.807) is 0 Å². The lowest BCUT2D eigenvalue weighted by Gasteiger charge is -2.15. The van der Waals surface area contributed by atoms with Crippen molar-refractivity contribution in [2.75, 3.05) is 12.8 Å². The Hall–Kier alpha value is -0.350. The minimum atomic E-state index is 0.348. The standard InChI is InChI=1S/C12H17P/c1-13-9-5-8-12(13)10-11-6-3-2-4-7-11/h2-4,6-7,12H,5,8-10H2,1H3/t12-,13?/m0/s1. The first kappa shape index (κ1) is 9.21. The van der Waals surface area contributed by atoms with Gasteiger partial charge in [0.2, 0.25) is 0 Å². The summed E-state index contributed by atoms with van der Waals surface area (Å²) in [5.74, 6) is 0. The van der Waals surface area contributed by atoms with Gasteiger partial charge in [-0.15, -0.1) is 7.92 Å². The third kappa shape index (κ3) is 2.31. The van der Waals surface area contributed by atoms with Crippen molar-refractivity contribution in [2.45, 2.75) is 24.9 Å². The molecule has 1 fully saturated rings. The maximum atomic E-state index is 2.47. The molecule has 0 nitrogen and oxygen atoms in total. The van der Waals surface area contributed by atoms with Crippen LogP contribution in [-0.2, 0) is 6.42 Å². The van der Waals surface area contributed by atoms with Gasteiger partial charge in [-0.2, -0.15) is 0 Å². The summed E-state index contributed by atoms with van der Waals surface area (Å²) in [6, 6.07) is 10.9. The molecule has 0 saturated carbocycles. The lowest BCUT2D eigenvalue weighted by atomic mass is 10.1. The largest absolute Gasteiger partial charge is 0.106 e. The highest BCUT2D eigenvalue weighted by atomic mass is 31.1. The van der Waals surface area contributed by atoms with Gasteiger partial charge in [0.05, 0.1) is 0 Å². The summed E-state index contributed by atoms with van der Waals surface area (Å²) in [6.07, 6.45) is 5.77. The van der Waals surface area contributed by atoms with E-state index in [0.29, 0.717) is 7.92 Å². The second kappa shape index (κ2) is 4.24. The van der Waals surface area contributed by atoms with Gasteiger partial charge < -0.3 is 0 Å². The molecule has 1 heteroatoms. The van der Waals surface area contributed by atoms with Crippen LogP contribution >= 0.6 is 7.92 Å². The molecule has 1 unspecified atom stereocenters. The molecule has 0 aromatic heterocycles. The van der Waals surface area contributed by atoms with Crippen molar-refractivity contribution in [2.24, 2.45) is 0 Å². The first-order valence-electron chi connectivity index (χ1n) is 5.10. The van der Waals surface area contributed by atoms with Crippen molar-refractivity contribution in [1.29, 1.82) is 0 Å². The van der Waals surface area contributed by atoms with Crippen LogP contribution in [0.3, 0.4) is 0 Å². The zero-order chi connectivity index (χ0) is 9.10. The summed E-state index contributed by atoms with van der Waals surface area (Å²) < 4.78 is 0. The Morgan fingerprint density at radius 1 is 1.31 bits per heavy atom. The Morgan fingerprint density at radius 2 is 2.08 bits per heavy atom. The van der Waals surface area contributed by atoms with Crippen molar-refractivity contribution in [3.8, 4) is 0 Å². The molecule has 70 valence electrons. The fourth-order valence-corrected chi connectivity index (χ4v) is 4.32. The van der Waals surface area contributed by atoms with Crippen molar-refractivity contribution < 1.29 is 0 Å². The predicted molar refractivity (Wildman–Crippen MR) is 60.9 cm³/mol. The fourth-order valence-electron chi connectivity index (χ4n) is 2.12. The van der Waals surface area contributed by atoms with Crippen LogP contribution in [0.2, 0.25) is 0 Å². The van der Waals surface area contributed by atoms with E-state index in [1.165, 1.54) is 31.0 Å². The van der Waals surface area contributed by atoms with E-state index in [4.69, 9.17) is 0 Å². The monoisotopic (exact) mass is 192 g/mol. The Morgan fingerprint density at radius 3 is 2.69 bits per heavy atom. The van der Waals surface area contributed by atoms with Crippen molar-refractivity contribution in [3.63, 3.8) is 0 Å². The van der Waals surface area contributed by atoms with Crippen LogP contribution in [0.15, 0.2) is 30.3 Å². The molecule has 1 aliphatic heterocycles. The van der Waals surface area contributed by atoms with Crippen molar-refractivity contribution in [1.82, 2.24) is 0 Å². The molecule has 2 atom stereocenters. The SMILES string of the molecule is CP1CCC[C@H]1Cc1ccccc1. The number of benzene rings is 1. The molecule has 0 amide bonds. The lowest BCUT2D eigenvalue weighted by molar-refractivity contribution is 0.774. The normalized spacial score (nSPS) is 27.8. The first-order chi connectivity index (χ1) is 6.36. The van der Waals surface area contributed by atoms with Crippen molar-refractivity contribution in [3.05, 3.63) is 35.9 Å². The van der Waals surface area contributed by atoms with Gasteiger partial charge in [0.15, 0.2) is 0 Å². The zero-order valence-electron chi connectivity index (χ0n) is 8.24. The molecular weight excluding hydrogens is 175 g/mol. The maximum Gasteiger partial charge on any atom is -0.0171 e. The number of rotatable bonds is 2. The van der Waals surface area contributed by atoms with E-state index in [9.17, 15) is 0 Å². The zero-order valence-corrected chi connectivity index (χ0v) is 9.13. The van der Waals surface area contributed by atoms with Gasteiger partial charge in [-0.25, -0.2) is 0 Å². The third-order valence-electron chi connectivity index (χ3n) is 2.99. The highest BCUT2D eigenvalue weighted by Gasteiger charge is 2.22.